The van der Waals surface area contributed by atoms with Crippen molar-refractivity contribution < 1.29 is 42.1 Å². The van der Waals surface area contributed by atoms with Gasteiger partial charge < -0.3 is 18.9 Å². The third-order valence-electron chi connectivity index (χ3n) is 13.9. The number of allylic oxidation sites excluding steroid dienone is 8. The first-order valence-corrected chi connectivity index (χ1v) is 32.9. The van der Waals surface area contributed by atoms with Gasteiger partial charge in [-0.05, 0) is 51.4 Å². The van der Waals surface area contributed by atoms with Crippen LogP contribution in [0.2, 0.25) is 0 Å². The lowest BCUT2D eigenvalue weighted by Crippen LogP contribution is -2.37. The lowest BCUT2D eigenvalue weighted by atomic mass is 10.0. The maximum atomic E-state index is 12.8. The van der Waals surface area contributed by atoms with Crippen molar-refractivity contribution in [1.82, 2.24) is 0 Å². The van der Waals surface area contributed by atoms with E-state index in [4.69, 9.17) is 18.5 Å². The maximum Gasteiger partial charge on any atom is 0.472 e. The van der Waals surface area contributed by atoms with E-state index in [2.05, 4.69) is 62.5 Å². The molecule has 0 saturated heterocycles. The Morgan fingerprint density at radius 3 is 1.15 bits per heavy atom. The summed E-state index contributed by atoms with van der Waals surface area (Å²) < 4.78 is 34.6. The zero-order chi connectivity index (χ0) is 54.2. The molecule has 0 saturated carbocycles. The fraction of sp³-hybridized carbons (Fsp3) is 0.844. The molecule has 0 rings (SSSR count). The van der Waals surface area contributed by atoms with Crippen LogP contribution in [0.3, 0.4) is 0 Å². The second-order valence-corrected chi connectivity index (χ2v) is 23.9. The highest BCUT2D eigenvalue weighted by molar-refractivity contribution is 7.47. The minimum atomic E-state index is -4.39. The molecule has 0 aromatic carbocycles. The Hall–Kier alpha value is -2.03. The van der Waals surface area contributed by atoms with Crippen molar-refractivity contribution in [1.29, 1.82) is 0 Å². The summed E-state index contributed by atoms with van der Waals surface area (Å²) in [5.74, 6) is -0.789. The van der Waals surface area contributed by atoms with Crippen LogP contribution < -0.4 is 0 Å². The van der Waals surface area contributed by atoms with Gasteiger partial charge in [-0.2, -0.15) is 0 Å². The Morgan fingerprint density at radius 1 is 0.432 bits per heavy atom. The molecule has 9 nitrogen and oxygen atoms in total. The van der Waals surface area contributed by atoms with Crippen molar-refractivity contribution in [3.8, 4) is 0 Å². The van der Waals surface area contributed by atoms with Crippen molar-refractivity contribution in [3.63, 3.8) is 0 Å². The van der Waals surface area contributed by atoms with Crippen LogP contribution in [0.25, 0.3) is 0 Å². The number of ether oxygens (including phenoxy) is 2. The van der Waals surface area contributed by atoms with E-state index in [0.717, 1.165) is 70.6 Å². The molecule has 0 aliphatic carbocycles. The van der Waals surface area contributed by atoms with Crippen molar-refractivity contribution in [2.24, 2.45) is 0 Å². The summed E-state index contributed by atoms with van der Waals surface area (Å²) in [5.41, 5.74) is 0. The van der Waals surface area contributed by atoms with E-state index in [9.17, 15) is 19.0 Å². The molecular weight excluding hydrogens is 942 g/mol. The first-order valence-electron chi connectivity index (χ1n) is 31.4. The molecule has 10 heteroatoms. The zero-order valence-electron chi connectivity index (χ0n) is 49.3. The number of nitrogens with zero attached hydrogens (tertiary/aromatic N) is 1. The van der Waals surface area contributed by atoms with Gasteiger partial charge in [0.25, 0.3) is 0 Å². The van der Waals surface area contributed by atoms with E-state index in [1.807, 2.05) is 21.1 Å². The molecular formula is C64H121NO8P+. The normalized spacial score (nSPS) is 13.5. The van der Waals surface area contributed by atoms with Gasteiger partial charge in [0.15, 0.2) is 6.10 Å². The molecule has 0 amide bonds. The summed E-state index contributed by atoms with van der Waals surface area (Å²) in [6.45, 7) is 4.37. The molecule has 0 aromatic rings. The third-order valence-corrected chi connectivity index (χ3v) is 14.9. The molecule has 0 bridgehead atoms. The predicted octanol–water partition coefficient (Wildman–Crippen LogP) is 19.7. The number of likely N-dealkylation sites (N-methyl/N-ethyl adjacent to an activating group) is 1. The number of carbonyl (C=O) groups excluding carboxylic acids is 2. The van der Waals surface area contributed by atoms with Crippen LogP contribution in [-0.2, 0) is 32.7 Å². The Labute approximate surface area is 458 Å². The molecule has 0 radical (unpaired) electrons. The first kappa shape index (κ1) is 72.0. The van der Waals surface area contributed by atoms with Crippen molar-refractivity contribution >= 4 is 19.8 Å². The van der Waals surface area contributed by atoms with Crippen LogP contribution in [0, 0.1) is 0 Å². The lowest BCUT2D eigenvalue weighted by Gasteiger charge is -2.24. The zero-order valence-corrected chi connectivity index (χ0v) is 50.2. The number of phosphoric ester groups is 1. The second kappa shape index (κ2) is 55.7. The van der Waals surface area contributed by atoms with E-state index in [-0.39, 0.29) is 25.6 Å². The smallest absolute Gasteiger partial charge is 0.462 e. The number of hydrogen-bond donors (Lipinski definition) is 1. The molecule has 0 spiro atoms. The van der Waals surface area contributed by atoms with Crippen LogP contribution in [0.5, 0.6) is 0 Å². The van der Waals surface area contributed by atoms with Gasteiger partial charge in [0, 0.05) is 12.8 Å². The molecule has 434 valence electrons. The van der Waals surface area contributed by atoms with Gasteiger partial charge in [0.1, 0.15) is 19.8 Å². The number of phosphoric acid groups is 1. The predicted molar refractivity (Wildman–Crippen MR) is 317 cm³/mol. The lowest BCUT2D eigenvalue weighted by molar-refractivity contribution is -0.870. The molecule has 2 atom stereocenters. The highest BCUT2D eigenvalue weighted by Crippen LogP contribution is 2.43. The SMILES string of the molecule is CC/C=C\C/C=C\C/C=C\C/C=C\CCCCCCCCCCCCC(=O)OC(COC(=O)CCCCCCCCCCCCCCCCCCCCCCCCCCCCC)COP(=O)(O)OCC[N+](C)(C)C. The van der Waals surface area contributed by atoms with E-state index in [1.165, 1.54) is 193 Å². The topological polar surface area (TPSA) is 108 Å². The summed E-state index contributed by atoms with van der Waals surface area (Å²) in [5, 5.41) is 0. The summed E-state index contributed by atoms with van der Waals surface area (Å²) in [4.78, 5) is 35.8. The number of hydrogen-bond acceptors (Lipinski definition) is 7. The molecule has 0 fully saturated rings. The van der Waals surface area contributed by atoms with Crippen molar-refractivity contribution in [2.75, 3.05) is 47.5 Å². The minimum absolute atomic E-state index is 0.0314. The molecule has 0 aromatic heterocycles. The molecule has 0 aliphatic heterocycles. The fourth-order valence-electron chi connectivity index (χ4n) is 9.07. The summed E-state index contributed by atoms with van der Waals surface area (Å²) in [6.07, 6.45) is 70.5. The standard InChI is InChI=1S/C64H120NO8P/c1-6-8-10-12-14-16-18-20-22-24-26-28-30-31-32-33-35-36-38-40-42-44-46-48-50-52-54-56-63(66)70-60-62(61-72-74(68,69)71-59-58-65(3,4)5)73-64(67)57-55-53-51-49-47-45-43-41-39-37-34-29-27-25-23-21-19-17-15-13-11-9-7-2/h9,11,15,17,21,23,27,29,62H,6-8,10,12-14,16,18-20,22,24-26,28,30-61H2,1-5H3/p+1/b11-9-,17-15-,23-21-,29-27-. The summed E-state index contributed by atoms with van der Waals surface area (Å²) in [7, 11) is 1.48. The quantitative estimate of drug-likeness (QED) is 0.0211. The van der Waals surface area contributed by atoms with Crippen LogP contribution in [0.4, 0.5) is 0 Å². The number of unbranched alkanes of at least 4 members (excludes halogenated alkanes) is 36. The van der Waals surface area contributed by atoms with Gasteiger partial charge in [0.05, 0.1) is 27.7 Å². The van der Waals surface area contributed by atoms with Gasteiger partial charge in [-0.15, -0.1) is 0 Å². The number of esters is 2. The van der Waals surface area contributed by atoms with Gasteiger partial charge in [-0.25, -0.2) is 4.57 Å². The van der Waals surface area contributed by atoms with E-state index < -0.39 is 26.5 Å². The largest absolute Gasteiger partial charge is 0.472 e. The van der Waals surface area contributed by atoms with Crippen LogP contribution >= 0.6 is 7.82 Å². The second-order valence-electron chi connectivity index (χ2n) is 22.4. The van der Waals surface area contributed by atoms with Gasteiger partial charge in [-0.3, -0.25) is 18.6 Å². The van der Waals surface area contributed by atoms with Crippen molar-refractivity contribution in [2.45, 2.75) is 302 Å². The van der Waals surface area contributed by atoms with Crippen LogP contribution in [0.1, 0.15) is 296 Å². The average molecular weight is 1060 g/mol. The van der Waals surface area contributed by atoms with Gasteiger partial charge >= 0.3 is 19.8 Å². The van der Waals surface area contributed by atoms with Crippen LogP contribution in [0.15, 0.2) is 48.6 Å². The van der Waals surface area contributed by atoms with Crippen molar-refractivity contribution in [3.05, 3.63) is 48.6 Å². The van der Waals surface area contributed by atoms with E-state index >= 15 is 0 Å². The third kappa shape index (κ3) is 59.2. The monoisotopic (exact) mass is 1060 g/mol. The van der Waals surface area contributed by atoms with Gasteiger partial charge in [-0.1, -0.05) is 281 Å². The number of quaternary nitrogens is 1. The Morgan fingerprint density at radius 2 is 0.770 bits per heavy atom. The fourth-order valence-corrected chi connectivity index (χ4v) is 9.81. The number of rotatable bonds is 58. The molecule has 0 heterocycles. The van der Waals surface area contributed by atoms with E-state index in [0.29, 0.717) is 23.9 Å². The van der Waals surface area contributed by atoms with Gasteiger partial charge in [0.2, 0.25) is 0 Å². The molecule has 0 aliphatic rings. The summed E-state index contributed by atoms with van der Waals surface area (Å²) >= 11 is 0. The molecule has 2 unspecified atom stereocenters. The Bertz CT molecular complexity index is 1390. The highest BCUT2D eigenvalue weighted by atomic mass is 31.2. The van der Waals surface area contributed by atoms with Crippen LogP contribution in [-0.4, -0.2) is 74.9 Å². The molecule has 74 heavy (non-hydrogen) atoms. The highest BCUT2D eigenvalue weighted by Gasteiger charge is 2.27. The molecule has 1 N–H and O–H groups in total. The maximum absolute atomic E-state index is 12.8. The average Bonchev–Trinajstić information content (AvgIpc) is 3.36. The Kier molecular flexibility index (Phi) is 54.2. The van der Waals surface area contributed by atoms with E-state index in [1.54, 1.807) is 0 Å². The summed E-state index contributed by atoms with van der Waals surface area (Å²) in [6, 6.07) is 0. The minimum Gasteiger partial charge on any atom is -0.462 e. The Balaban J connectivity index is 4.08. The first-order chi connectivity index (χ1) is 36.0. The number of carbonyl (C=O) groups is 2.